The third-order valence-corrected chi connectivity index (χ3v) is 4.49. The number of carboxylic acid groups (broad SMARTS) is 1. The van der Waals surface area contributed by atoms with Crippen molar-refractivity contribution in [3.05, 3.63) is 0 Å². The number of hydrogen-bond acceptors (Lipinski definition) is 3. The van der Waals surface area contributed by atoms with Gasteiger partial charge in [0.1, 0.15) is 0 Å². The minimum Gasteiger partial charge on any atom is -0.481 e. The van der Waals surface area contributed by atoms with Gasteiger partial charge >= 0.3 is 5.97 Å². The van der Waals surface area contributed by atoms with E-state index in [1.165, 1.54) is 38.9 Å². The molecule has 2 fully saturated rings. The monoisotopic (exact) mass is 326 g/mol. The lowest BCUT2D eigenvalue weighted by atomic mass is 9.93. The van der Waals surface area contributed by atoms with Crippen LogP contribution in [0, 0.1) is 5.92 Å². The molecule has 0 atom stereocenters. The average molecular weight is 327 g/mol. The maximum absolute atomic E-state index is 10.9. The predicted molar refractivity (Wildman–Crippen MR) is 86.2 cm³/mol. The largest absolute Gasteiger partial charge is 0.481 e. The highest BCUT2D eigenvalue weighted by atomic mass is 35.5. The van der Waals surface area contributed by atoms with Crippen molar-refractivity contribution in [2.75, 3.05) is 32.7 Å². The van der Waals surface area contributed by atoms with Crippen LogP contribution >= 0.6 is 24.8 Å². The Hall–Kier alpha value is -0.0300. The topological polar surface area (TPSA) is 43.8 Å². The van der Waals surface area contributed by atoms with Crippen molar-refractivity contribution in [2.45, 2.75) is 45.1 Å². The molecule has 1 N–H and O–H groups in total. The first-order valence-corrected chi connectivity index (χ1v) is 7.40. The number of piperidine rings is 2. The van der Waals surface area contributed by atoms with Crippen LogP contribution in [-0.2, 0) is 4.79 Å². The maximum atomic E-state index is 10.9. The molecule has 0 bridgehead atoms. The van der Waals surface area contributed by atoms with Crippen molar-refractivity contribution in [2.24, 2.45) is 5.92 Å². The summed E-state index contributed by atoms with van der Waals surface area (Å²) in [5.41, 5.74) is 0. The van der Waals surface area contributed by atoms with Gasteiger partial charge in [0.15, 0.2) is 0 Å². The Morgan fingerprint density at radius 2 is 1.60 bits per heavy atom. The lowest BCUT2D eigenvalue weighted by Crippen LogP contribution is -2.48. The van der Waals surface area contributed by atoms with Crippen molar-refractivity contribution < 1.29 is 9.90 Å². The molecule has 0 radical (unpaired) electrons. The number of aliphatic carboxylic acids is 1. The molecule has 0 aromatic carbocycles. The molecule has 2 aliphatic heterocycles. The highest BCUT2D eigenvalue weighted by Crippen LogP contribution is 2.24. The van der Waals surface area contributed by atoms with Crippen molar-refractivity contribution in [3.8, 4) is 0 Å². The number of likely N-dealkylation sites (tertiary alicyclic amines) is 2. The van der Waals surface area contributed by atoms with Gasteiger partial charge in [0, 0.05) is 6.04 Å². The zero-order valence-corrected chi connectivity index (χ0v) is 13.9. The molecule has 2 heterocycles. The average Bonchev–Trinajstić information content (AvgIpc) is 2.40. The standard InChI is InChI=1S/C14H26N2O2.2ClH/c1-2-7-15-8-5-13(6-9-15)16-10-3-12(4-11-16)14(17)18;;/h12-13H,2-11H2,1H3,(H,17,18);2*1H. The lowest BCUT2D eigenvalue weighted by molar-refractivity contribution is -0.143. The van der Waals surface area contributed by atoms with Crippen molar-refractivity contribution in [1.82, 2.24) is 9.80 Å². The van der Waals surface area contributed by atoms with Crippen LogP contribution in [0.1, 0.15) is 39.0 Å². The molecule has 4 nitrogen and oxygen atoms in total. The SMILES string of the molecule is CCCN1CCC(N2CCC(C(=O)O)CC2)CC1.Cl.Cl. The summed E-state index contributed by atoms with van der Waals surface area (Å²) >= 11 is 0. The number of rotatable bonds is 4. The predicted octanol–water partition coefficient (Wildman–Crippen LogP) is 2.50. The first kappa shape index (κ1) is 20.0. The van der Waals surface area contributed by atoms with Gasteiger partial charge in [0.05, 0.1) is 5.92 Å². The summed E-state index contributed by atoms with van der Waals surface area (Å²) in [6.07, 6.45) is 5.44. The number of carboxylic acids is 1. The lowest BCUT2D eigenvalue weighted by Gasteiger charge is -2.41. The molecule has 0 saturated carbocycles. The fourth-order valence-electron chi connectivity index (χ4n) is 3.34. The Morgan fingerprint density at radius 1 is 1.05 bits per heavy atom. The molecule has 0 unspecified atom stereocenters. The van der Waals surface area contributed by atoms with E-state index in [9.17, 15) is 4.79 Å². The Balaban J connectivity index is 0.00000180. The van der Waals surface area contributed by atoms with Crippen LogP contribution < -0.4 is 0 Å². The number of halogens is 2. The van der Waals surface area contributed by atoms with E-state index in [-0.39, 0.29) is 30.7 Å². The van der Waals surface area contributed by atoms with Gasteiger partial charge in [-0.3, -0.25) is 4.79 Å². The van der Waals surface area contributed by atoms with Crippen LogP contribution in [0.4, 0.5) is 0 Å². The summed E-state index contributed by atoms with van der Waals surface area (Å²) in [7, 11) is 0. The fourth-order valence-corrected chi connectivity index (χ4v) is 3.34. The maximum Gasteiger partial charge on any atom is 0.306 e. The molecule has 2 saturated heterocycles. The third kappa shape index (κ3) is 5.40. The van der Waals surface area contributed by atoms with Crippen LogP contribution in [0.5, 0.6) is 0 Å². The van der Waals surface area contributed by atoms with Gasteiger partial charge in [0.2, 0.25) is 0 Å². The van der Waals surface area contributed by atoms with E-state index < -0.39 is 5.97 Å². The second-order valence-corrected chi connectivity index (χ2v) is 5.72. The number of hydrogen-bond donors (Lipinski definition) is 1. The molecule has 0 spiro atoms. The summed E-state index contributed by atoms with van der Waals surface area (Å²) < 4.78 is 0. The second-order valence-electron chi connectivity index (χ2n) is 5.72. The molecule has 6 heteroatoms. The molecular weight excluding hydrogens is 299 g/mol. The fraction of sp³-hybridized carbons (Fsp3) is 0.929. The molecule has 120 valence electrons. The van der Waals surface area contributed by atoms with Gasteiger partial charge in [0.25, 0.3) is 0 Å². The van der Waals surface area contributed by atoms with Crippen LogP contribution in [0.15, 0.2) is 0 Å². The molecule has 0 aromatic heterocycles. The Labute approximate surface area is 134 Å². The highest BCUT2D eigenvalue weighted by molar-refractivity contribution is 5.85. The first-order valence-electron chi connectivity index (χ1n) is 7.40. The molecule has 0 aromatic rings. The van der Waals surface area contributed by atoms with Gasteiger partial charge in [-0.1, -0.05) is 6.92 Å². The zero-order chi connectivity index (χ0) is 13.0. The van der Waals surface area contributed by atoms with Gasteiger partial charge in [-0.2, -0.15) is 0 Å². The summed E-state index contributed by atoms with van der Waals surface area (Å²) in [4.78, 5) is 16.0. The molecule has 0 aliphatic carbocycles. The third-order valence-electron chi connectivity index (χ3n) is 4.49. The molecule has 2 rings (SSSR count). The van der Waals surface area contributed by atoms with E-state index >= 15 is 0 Å². The van der Waals surface area contributed by atoms with Crippen LogP contribution in [0.3, 0.4) is 0 Å². The van der Waals surface area contributed by atoms with E-state index in [2.05, 4.69) is 16.7 Å². The molecule has 0 amide bonds. The summed E-state index contributed by atoms with van der Waals surface area (Å²) in [6.45, 7) is 7.87. The van der Waals surface area contributed by atoms with Crippen LogP contribution in [0.25, 0.3) is 0 Å². The zero-order valence-electron chi connectivity index (χ0n) is 12.3. The van der Waals surface area contributed by atoms with E-state index in [4.69, 9.17) is 5.11 Å². The number of nitrogens with zero attached hydrogens (tertiary/aromatic N) is 2. The molecular formula is C14H28Cl2N2O2. The minimum atomic E-state index is -0.604. The van der Waals surface area contributed by atoms with Crippen molar-refractivity contribution >= 4 is 30.8 Å². The summed E-state index contributed by atoms with van der Waals surface area (Å²) in [5, 5.41) is 9.00. The quantitative estimate of drug-likeness (QED) is 0.862. The summed E-state index contributed by atoms with van der Waals surface area (Å²) in [5.74, 6) is -0.700. The second kappa shape index (κ2) is 9.82. The summed E-state index contributed by atoms with van der Waals surface area (Å²) in [6, 6.07) is 0.702. The van der Waals surface area contributed by atoms with Gasteiger partial charge < -0.3 is 14.9 Å². The van der Waals surface area contributed by atoms with Gasteiger partial charge in [-0.25, -0.2) is 0 Å². The van der Waals surface area contributed by atoms with Gasteiger partial charge in [-0.05, 0) is 64.8 Å². The van der Waals surface area contributed by atoms with Crippen LogP contribution in [-0.4, -0.2) is 59.6 Å². The molecule has 2 aliphatic rings. The van der Waals surface area contributed by atoms with E-state index in [0.29, 0.717) is 6.04 Å². The Kier molecular flexibility index (Phi) is 9.81. The van der Waals surface area contributed by atoms with Crippen molar-refractivity contribution in [3.63, 3.8) is 0 Å². The van der Waals surface area contributed by atoms with E-state index in [1.807, 2.05) is 0 Å². The minimum absolute atomic E-state index is 0. The Bertz CT molecular complexity index is 276. The van der Waals surface area contributed by atoms with Crippen molar-refractivity contribution in [1.29, 1.82) is 0 Å². The van der Waals surface area contributed by atoms with Crippen LogP contribution in [0.2, 0.25) is 0 Å². The Morgan fingerprint density at radius 3 is 2.05 bits per heavy atom. The van der Waals surface area contributed by atoms with Gasteiger partial charge in [-0.15, -0.1) is 24.8 Å². The molecule has 20 heavy (non-hydrogen) atoms. The smallest absolute Gasteiger partial charge is 0.306 e. The number of carbonyl (C=O) groups is 1. The normalized spacial score (nSPS) is 22.9. The van der Waals surface area contributed by atoms with E-state index in [0.717, 1.165) is 25.9 Å². The first-order chi connectivity index (χ1) is 8.70. The highest BCUT2D eigenvalue weighted by Gasteiger charge is 2.30. The van der Waals surface area contributed by atoms with E-state index in [1.54, 1.807) is 0 Å².